The van der Waals surface area contributed by atoms with Crippen LogP contribution in [0.15, 0.2) is 10.2 Å². The Kier molecular flexibility index (Phi) is 4.59. The molecule has 0 amide bonds. The minimum absolute atomic E-state index is 0.0493. The van der Waals surface area contributed by atoms with E-state index in [4.69, 9.17) is 0 Å². The molecule has 2 rings (SSSR count). The average Bonchev–Trinajstić information content (AvgIpc) is 2.75. The van der Waals surface area contributed by atoms with Crippen LogP contribution >= 0.6 is 11.3 Å². The molecule has 0 aromatic carbocycles. The van der Waals surface area contributed by atoms with Gasteiger partial charge in [-0.3, -0.25) is 9.69 Å². The Morgan fingerprint density at radius 2 is 2.33 bits per heavy atom. The number of thiazole rings is 1. The number of nitrogens with zero attached hydrogens (tertiary/aromatic N) is 1. The smallest absolute Gasteiger partial charge is 0.304 e. The fourth-order valence-corrected chi connectivity index (χ4v) is 3.40. The number of H-pyrrole nitrogens is 1. The van der Waals surface area contributed by atoms with Crippen LogP contribution in [0.25, 0.3) is 0 Å². The molecule has 2 N–H and O–H groups in total. The number of hydrogen-bond acceptors (Lipinski definition) is 4. The minimum atomic E-state index is 0.0493. The first kappa shape index (κ1) is 13.8. The van der Waals surface area contributed by atoms with E-state index in [1.54, 1.807) is 0 Å². The summed E-state index contributed by atoms with van der Waals surface area (Å²) in [4.78, 5) is 16.6. The monoisotopic (exact) mass is 269 g/mol. The van der Waals surface area contributed by atoms with Gasteiger partial charge in [-0.1, -0.05) is 25.2 Å². The maximum Gasteiger partial charge on any atom is 0.304 e. The van der Waals surface area contributed by atoms with E-state index in [0.717, 1.165) is 25.3 Å². The van der Waals surface area contributed by atoms with Gasteiger partial charge in [0, 0.05) is 36.2 Å². The second-order valence-corrected chi connectivity index (χ2v) is 6.04. The third-order valence-electron chi connectivity index (χ3n) is 4.11. The molecule has 1 aliphatic rings. The van der Waals surface area contributed by atoms with Gasteiger partial charge in [-0.2, -0.15) is 0 Å². The van der Waals surface area contributed by atoms with Crippen molar-refractivity contribution >= 4 is 11.3 Å². The van der Waals surface area contributed by atoms with Gasteiger partial charge in [0.25, 0.3) is 0 Å². The van der Waals surface area contributed by atoms with Gasteiger partial charge in [-0.05, 0) is 25.8 Å². The van der Waals surface area contributed by atoms with Crippen LogP contribution in [-0.4, -0.2) is 35.1 Å². The summed E-state index contributed by atoms with van der Waals surface area (Å²) in [6.07, 6.45) is 1.19. The quantitative estimate of drug-likeness (QED) is 0.873. The largest absolute Gasteiger partial charge is 0.315 e. The van der Waals surface area contributed by atoms with Crippen molar-refractivity contribution in [3.63, 3.8) is 0 Å². The normalized spacial score (nSPS) is 29.6. The first-order valence-electron chi connectivity index (χ1n) is 6.76. The maximum absolute atomic E-state index is 11.1. The molecule has 0 radical (unpaired) electrons. The van der Waals surface area contributed by atoms with Gasteiger partial charge in [0.05, 0.1) is 0 Å². The van der Waals surface area contributed by atoms with Crippen molar-refractivity contribution in [2.75, 3.05) is 13.1 Å². The van der Waals surface area contributed by atoms with Gasteiger partial charge in [-0.25, -0.2) is 0 Å². The van der Waals surface area contributed by atoms with Gasteiger partial charge >= 0.3 is 4.87 Å². The third-order valence-corrected chi connectivity index (χ3v) is 4.83. The summed E-state index contributed by atoms with van der Waals surface area (Å²) in [5.74, 6) is 0.643. The van der Waals surface area contributed by atoms with E-state index in [2.05, 4.69) is 36.0 Å². The van der Waals surface area contributed by atoms with Crippen LogP contribution in [0.4, 0.5) is 0 Å². The summed E-state index contributed by atoms with van der Waals surface area (Å²) >= 11 is 1.25. The van der Waals surface area contributed by atoms with Crippen molar-refractivity contribution in [2.24, 2.45) is 5.92 Å². The fourth-order valence-electron chi connectivity index (χ4n) is 2.82. The molecule has 1 aromatic heterocycles. The van der Waals surface area contributed by atoms with Crippen LogP contribution in [0.3, 0.4) is 0 Å². The number of aromatic amines is 1. The lowest BCUT2D eigenvalue weighted by atomic mass is 9.87. The van der Waals surface area contributed by atoms with Gasteiger partial charge in [0.1, 0.15) is 0 Å². The number of aromatic nitrogens is 1. The molecule has 4 nitrogen and oxygen atoms in total. The summed E-state index contributed by atoms with van der Waals surface area (Å²) in [7, 11) is 0. The van der Waals surface area contributed by atoms with E-state index in [1.807, 2.05) is 5.38 Å². The highest BCUT2D eigenvalue weighted by atomic mass is 32.1. The van der Waals surface area contributed by atoms with Gasteiger partial charge in [-0.15, -0.1) is 0 Å². The van der Waals surface area contributed by atoms with Crippen LogP contribution in [0.5, 0.6) is 0 Å². The molecule has 0 aliphatic carbocycles. The number of hydrogen-bond donors (Lipinski definition) is 2. The molecule has 3 unspecified atom stereocenters. The molecule has 1 aliphatic heterocycles. The summed E-state index contributed by atoms with van der Waals surface area (Å²) in [6, 6.07) is 1.17. The fraction of sp³-hybridized carbons (Fsp3) is 0.769. The van der Waals surface area contributed by atoms with Crippen molar-refractivity contribution in [3.05, 3.63) is 20.7 Å². The van der Waals surface area contributed by atoms with Crippen molar-refractivity contribution in [1.29, 1.82) is 0 Å². The highest BCUT2D eigenvalue weighted by molar-refractivity contribution is 7.07. The van der Waals surface area contributed by atoms with Gasteiger partial charge < -0.3 is 10.3 Å². The molecular formula is C13H23N3OS. The van der Waals surface area contributed by atoms with E-state index in [0.29, 0.717) is 18.0 Å². The zero-order valence-corrected chi connectivity index (χ0v) is 12.2. The van der Waals surface area contributed by atoms with Gasteiger partial charge in [0.2, 0.25) is 0 Å². The Balaban J connectivity index is 1.97. The number of piperidine rings is 1. The average molecular weight is 269 g/mol. The minimum Gasteiger partial charge on any atom is -0.315 e. The SMILES string of the molecule is CCNC1CCN(Cc2csc(=O)[nH]2)C(C)C1C. The molecular weight excluding hydrogens is 246 g/mol. The second-order valence-electron chi connectivity index (χ2n) is 5.20. The Bertz CT molecular complexity index is 428. The third kappa shape index (κ3) is 3.02. The predicted octanol–water partition coefficient (Wildman–Crippen LogP) is 1.64. The van der Waals surface area contributed by atoms with Crippen molar-refractivity contribution < 1.29 is 0 Å². The summed E-state index contributed by atoms with van der Waals surface area (Å²) in [5, 5.41) is 5.51. The topological polar surface area (TPSA) is 48.1 Å². The molecule has 0 saturated carbocycles. The Morgan fingerprint density at radius 3 is 2.94 bits per heavy atom. The van der Waals surface area contributed by atoms with Crippen LogP contribution < -0.4 is 10.2 Å². The van der Waals surface area contributed by atoms with Crippen LogP contribution in [0.2, 0.25) is 0 Å². The van der Waals surface area contributed by atoms with E-state index in [1.165, 1.54) is 17.8 Å². The lowest BCUT2D eigenvalue weighted by Gasteiger charge is -2.42. The van der Waals surface area contributed by atoms with Crippen molar-refractivity contribution in [3.8, 4) is 0 Å². The molecule has 1 aromatic rings. The molecule has 1 fully saturated rings. The molecule has 0 bridgehead atoms. The molecule has 2 heterocycles. The number of nitrogens with one attached hydrogen (secondary N) is 2. The van der Waals surface area contributed by atoms with Crippen molar-refractivity contribution in [1.82, 2.24) is 15.2 Å². The first-order valence-corrected chi connectivity index (χ1v) is 7.64. The Labute approximate surface area is 112 Å². The zero-order valence-electron chi connectivity index (χ0n) is 11.4. The summed E-state index contributed by atoms with van der Waals surface area (Å²) in [5.41, 5.74) is 1.05. The van der Waals surface area contributed by atoms with E-state index < -0.39 is 0 Å². The molecule has 0 spiro atoms. The van der Waals surface area contributed by atoms with Crippen LogP contribution in [0, 0.1) is 5.92 Å². The molecule has 1 saturated heterocycles. The van der Waals surface area contributed by atoms with Gasteiger partial charge in [0.15, 0.2) is 0 Å². The summed E-state index contributed by atoms with van der Waals surface area (Å²) in [6.45, 7) is 9.78. The van der Waals surface area contributed by atoms with Crippen molar-refractivity contribution in [2.45, 2.75) is 45.8 Å². The first-order chi connectivity index (χ1) is 8.61. The molecule has 5 heteroatoms. The molecule has 102 valence electrons. The highest BCUT2D eigenvalue weighted by Gasteiger charge is 2.31. The lowest BCUT2D eigenvalue weighted by Crippen LogP contribution is -2.52. The Hall–Kier alpha value is -0.650. The number of rotatable bonds is 4. The highest BCUT2D eigenvalue weighted by Crippen LogP contribution is 2.24. The molecule has 18 heavy (non-hydrogen) atoms. The zero-order chi connectivity index (χ0) is 13.1. The van der Waals surface area contributed by atoms with Crippen LogP contribution in [-0.2, 0) is 6.54 Å². The Morgan fingerprint density at radius 1 is 1.56 bits per heavy atom. The standard InChI is InChI=1S/C13H23N3OS/c1-4-14-12-5-6-16(10(3)9(12)2)7-11-8-18-13(17)15-11/h8-10,12,14H,4-7H2,1-3H3,(H,15,17). The maximum atomic E-state index is 11.1. The molecule has 3 atom stereocenters. The second kappa shape index (κ2) is 5.99. The van der Waals surface area contributed by atoms with E-state index in [9.17, 15) is 4.79 Å². The van der Waals surface area contributed by atoms with E-state index in [-0.39, 0.29) is 4.87 Å². The lowest BCUT2D eigenvalue weighted by molar-refractivity contribution is 0.0781. The predicted molar refractivity (Wildman–Crippen MR) is 76.1 cm³/mol. The summed E-state index contributed by atoms with van der Waals surface area (Å²) < 4.78 is 0. The number of likely N-dealkylation sites (tertiary alicyclic amines) is 1. The van der Waals surface area contributed by atoms with E-state index >= 15 is 0 Å². The van der Waals surface area contributed by atoms with Crippen LogP contribution in [0.1, 0.15) is 32.9 Å².